The summed E-state index contributed by atoms with van der Waals surface area (Å²) in [4.78, 5) is 5.53. The lowest BCUT2D eigenvalue weighted by Gasteiger charge is -2.03. The van der Waals surface area contributed by atoms with E-state index >= 15 is 0 Å². The maximum absolute atomic E-state index is 4.45. The Bertz CT molecular complexity index is 695. The molecule has 0 radical (unpaired) electrons. The Labute approximate surface area is 126 Å². The second-order valence-electron chi connectivity index (χ2n) is 3.74. The quantitative estimate of drug-likeness (QED) is 0.779. The number of H-pyrrole nitrogens is 1. The third-order valence-electron chi connectivity index (χ3n) is 2.33. The van der Waals surface area contributed by atoms with Crippen molar-refractivity contribution in [3.63, 3.8) is 0 Å². The summed E-state index contributed by atoms with van der Waals surface area (Å²) in [7, 11) is 0. The lowest BCUT2D eigenvalue weighted by Crippen LogP contribution is -1.83. The molecule has 0 unspecified atom stereocenters. The Hall–Kier alpha value is -1.25. The van der Waals surface area contributed by atoms with Crippen LogP contribution in [0.25, 0.3) is 11.4 Å². The number of rotatable bonds is 3. The Morgan fingerprint density at radius 1 is 1.37 bits per heavy atom. The SMILES string of the molecule is Cc1csc(Sc2cc(-c3nn[nH]n3)ccc2Br)n1. The first-order chi connectivity index (χ1) is 9.22. The molecule has 0 aliphatic carbocycles. The van der Waals surface area contributed by atoms with Gasteiger partial charge in [0.15, 0.2) is 4.34 Å². The van der Waals surface area contributed by atoms with Crippen molar-refractivity contribution in [1.82, 2.24) is 25.6 Å². The van der Waals surface area contributed by atoms with Gasteiger partial charge < -0.3 is 0 Å². The summed E-state index contributed by atoms with van der Waals surface area (Å²) in [6.07, 6.45) is 0. The number of halogens is 1. The van der Waals surface area contributed by atoms with Crippen LogP contribution in [0.3, 0.4) is 0 Å². The fraction of sp³-hybridized carbons (Fsp3) is 0.0909. The van der Waals surface area contributed by atoms with Gasteiger partial charge in [0, 0.05) is 26.0 Å². The van der Waals surface area contributed by atoms with Crippen LogP contribution in [-0.4, -0.2) is 25.6 Å². The molecule has 0 spiro atoms. The van der Waals surface area contributed by atoms with Crippen molar-refractivity contribution in [2.75, 3.05) is 0 Å². The van der Waals surface area contributed by atoms with Crippen molar-refractivity contribution in [1.29, 1.82) is 0 Å². The van der Waals surface area contributed by atoms with Gasteiger partial charge in [0.25, 0.3) is 0 Å². The minimum Gasteiger partial charge on any atom is -0.235 e. The fourth-order valence-corrected chi connectivity index (χ4v) is 3.82. The van der Waals surface area contributed by atoms with Crippen molar-refractivity contribution in [2.45, 2.75) is 16.2 Å². The predicted molar refractivity (Wildman–Crippen MR) is 78.3 cm³/mol. The standard InChI is InChI=1S/C11H8BrN5S2/c1-6-5-18-11(13-6)19-9-4-7(2-3-8(9)12)10-14-16-17-15-10/h2-5H,1H3,(H,14,15,16,17). The molecule has 0 atom stereocenters. The molecule has 8 heteroatoms. The van der Waals surface area contributed by atoms with Crippen molar-refractivity contribution in [3.8, 4) is 11.4 Å². The predicted octanol–water partition coefficient (Wildman–Crippen LogP) is 3.55. The first kappa shape index (κ1) is 12.8. The Kier molecular flexibility index (Phi) is 3.63. The monoisotopic (exact) mass is 353 g/mol. The number of nitrogens with one attached hydrogen (secondary N) is 1. The molecular formula is C11H8BrN5S2. The van der Waals surface area contributed by atoms with Crippen LogP contribution in [0.15, 0.2) is 37.3 Å². The third kappa shape index (κ3) is 2.85. The van der Waals surface area contributed by atoms with Crippen molar-refractivity contribution < 1.29 is 0 Å². The molecule has 1 aromatic carbocycles. The molecule has 0 fully saturated rings. The van der Waals surface area contributed by atoms with Crippen molar-refractivity contribution >= 4 is 39.0 Å². The van der Waals surface area contributed by atoms with E-state index in [0.29, 0.717) is 5.82 Å². The molecule has 19 heavy (non-hydrogen) atoms. The van der Waals surface area contributed by atoms with Gasteiger partial charge in [0.2, 0.25) is 5.82 Å². The van der Waals surface area contributed by atoms with Crippen LogP contribution < -0.4 is 0 Å². The van der Waals surface area contributed by atoms with E-state index in [9.17, 15) is 0 Å². The van der Waals surface area contributed by atoms with Gasteiger partial charge in [-0.2, -0.15) is 5.21 Å². The van der Waals surface area contributed by atoms with Crippen molar-refractivity contribution in [3.05, 3.63) is 33.7 Å². The van der Waals surface area contributed by atoms with Crippen LogP contribution in [0.1, 0.15) is 5.69 Å². The molecule has 1 N–H and O–H groups in total. The van der Waals surface area contributed by atoms with E-state index in [1.54, 1.807) is 23.1 Å². The summed E-state index contributed by atoms with van der Waals surface area (Å²) in [5.41, 5.74) is 1.96. The maximum atomic E-state index is 4.45. The van der Waals surface area contributed by atoms with Gasteiger partial charge >= 0.3 is 0 Å². The molecule has 96 valence electrons. The van der Waals surface area contributed by atoms with Gasteiger partial charge in [-0.15, -0.1) is 21.5 Å². The number of aryl methyl sites for hydroxylation is 1. The number of tetrazole rings is 1. The lowest BCUT2D eigenvalue weighted by molar-refractivity contribution is 0.881. The van der Waals surface area contributed by atoms with Crippen LogP contribution >= 0.6 is 39.0 Å². The number of aromatic amines is 1. The molecule has 0 aliphatic rings. The van der Waals surface area contributed by atoms with E-state index in [4.69, 9.17) is 0 Å². The van der Waals surface area contributed by atoms with Gasteiger partial charge in [0.05, 0.1) is 0 Å². The van der Waals surface area contributed by atoms with Crippen LogP contribution in [0.4, 0.5) is 0 Å². The Morgan fingerprint density at radius 2 is 2.26 bits per heavy atom. The molecule has 2 heterocycles. The molecule has 3 aromatic rings. The fourth-order valence-electron chi connectivity index (χ4n) is 1.48. The number of thiazole rings is 1. The van der Waals surface area contributed by atoms with Crippen molar-refractivity contribution in [2.24, 2.45) is 0 Å². The van der Waals surface area contributed by atoms with E-state index < -0.39 is 0 Å². The normalized spacial score (nSPS) is 10.8. The van der Waals surface area contributed by atoms with Gasteiger partial charge in [-0.1, -0.05) is 11.8 Å². The van der Waals surface area contributed by atoms with Gasteiger partial charge in [0.1, 0.15) is 0 Å². The van der Waals surface area contributed by atoms with E-state index in [1.165, 1.54) is 0 Å². The Morgan fingerprint density at radius 3 is 2.95 bits per heavy atom. The largest absolute Gasteiger partial charge is 0.235 e. The summed E-state index contributed by atoms with van der Waals surface area (Å²) in [6, 6.07) is 5.96. The van der Waals surface area contributed by atoms with E-state index in [2.05, 4.69) is 41.5 Å². The number of benzene rings is 1. The topological polar surface area (TPSA) is 67.3 Å². The molecule has 0 saturated carbocycles. The number of aromatic nitrogens is 5. The highest BCUT2D eigenvalue weighted by Crippen LogP contribution is 2.36. The molecule has 2 aromatic heterocycles. The second-order valence-corrected chi connectivity index (χ2v) is 6.74. The third-order valence-corrected chi connectivity index (χ3v) is 5.40. The minimum atomic E-state index is 0.588. The number of hydrogen-bond donors (Lipinski definition) is 1. The lowest BCUT2D eigenvalue weighted by atomic mass is 10.2. The zero-order valence-corrected chi connectivity index (χ0v) is 13.0. The summed E-state index contributed by atoms with van der Waals surface area (Å²) in [5.74, 6) is 0.588. The van der Waals surface area contributed by atoms with Gasteiger partial charge in [-0.05, 0) is 46.3 Å². The van der Waals surface area contributed by atoms with Gasteiger partial charge in [-0.3, -0.25) is 0 Å². The zero-order chi connectivity index (χ0) is 13.2. The van der Waals surface area contributed by atoms with Crippen LogP contribution in [0.2, 0.25) is 0 Å². The summed E-state index contributed by atoms with van der Waals surface area (Å²) < 4.78 is 2.04. The average molecular weight is 354 g/mol. The van der Waals surface area contributed by atoms with Crippen LogP contribution in [0, 0.1) is 6.92 Å². The number of nitrogens with zero attached hydrogens (tertiary/aromatic N) is 4. The molecule has 0 bridgehead atoms. The highest BCUT2D eigenvalue weighted by molar-refractivity contribution is 9.10. The zero-order valence-electron chi connectivity index (χ0n) is 9.79. The molecule has 3 rings (SSSR count). The first-order valence-electron chi connectivity index (χ1n) is 5.36. The Balaban J connectivity index is 1.94. The van der Waals surface area contributed by atoms with E-state index in [1.807, 2.05) is 30.5 Å². The van der Waals surface area contributed by atoms with E-state index in [-0.39, 0.29) is 0 Å². The molecule has 0 saturated heterocycles. The van der Waals surface area contributed by atoms with Crippen LogP contribution in [0.5, 0.6) is 0 Å². The second kappa shape index (κ2) is 5.40. The molecule has 0 aliphatic heterocycles. The summed E-state index contributed by atoms with van der Waals surface area (Å²) in [5, 5.41) is 16.0. The molecule has 0 amide bonds. The summed E-state index contributed by atoms with van der Waals surface area (Å²) >= 11 is 6.81. The average Bonchev–Trinajstić information content (AvgIpc) is 3.04. The van der Waals surface area contributed by atoms with Crippen LogP contribution in [-0.2, 0) is 0 Å². The first-order valence-corrected chi connectivity index (χ1v) is 7.84. The summed E-state index contributed by atoms with van der Waals surface area (Å²) in [6.45, 7) is 1.99. The minimum absolute atomic E-state index is 0.588. The maximum Gasteiger partial charge on any atom is 0.204 e. The highest BCUT2D eigenvalue weighted by atomic mass is 79.9. The van der Waals surface area contributed by atoms with Gasteiger partial charge in [-0.25, -0.2) is 4.98 Å². The molecule has 5 nitrogen and oxygen atoms in total. The molecular weight excluding hydrogens is 346 g/mol. The van der Waals surface area contributed by atoms with E-state index in [0.717, 1.165) is 25.0 Å². The highest BCUT2D eigenvalue weighted by Gasteiger charge is 2.10. The number of hydrogen-bond acceptors (Lipinski definition) is 6. The smallest absolute Gasteiger partial charge is 0.204 e.